The predicted molar refractivity (Wildman–Crippen MR) is 132 cm³/mol. The smallest absolute Gasteiger partial charge is 0.475 e. The van der Waals surface area contributed by atoms with Crippen LogP contribution < -0.4 is 4.90 Å². The largest absolute Gasteiger partial charge is 0.490 e. The molecule has 2 amide bonds. The van der Waals surface area contributed by atoms with Crippen molar-refractivity contribution in [1.29, 1.82) is 0 Å². The van der Waals surface area contributed by atoms with Gasteiger partial charge in [-0.05, 0) is 23.8 Å². The molecule has 1 aliphatic heterocycles. The molecule has 1 atom stereocenters. The minimum atomic E-state index is -5.08. The molecule has 13 heteroatoms. The quantitative estimate of drug-likeness (QED) is 0.303. The Kier molecular flexibility index (Phi) is 7.03. The number of nitrogens with zero attached hydrogens (tertiary/aromatic N) is 3. The number of aliphatic hydroxyl groups is 1. The van der Waals surface area contributed by atoms with Crippen molar-refractivity contribution in [3.8, 4) is 0 Å². The number of imidazole rings is 1. The van der Waals surface area contributed by atoms with Gasteiger partial charge in [0.15, 0.2) is 5.72 Å². The van der Waals surface area contributed by atoms with Crippen molar-refractivity contribution in [3.63, 3.8) is 0 Å². The zero-order valence-electron chi connectivity index (χ0n) is 20.2. The van der Waals surface area contributed by atoms with Crippen molar-refractivity contribution in [3.05, 3.63) is 95.1 Å². The zero-order valence-corrected chi connectivity index (χ0v) is 20.2. The number of amides is 2. The van der Waals surface area contributed by atoms with Crippen LogP contribution in [-0.4, -0.2) is 61.4 Å². The number of carboxylic acid groups (broad SMARTS) is 2. The predicted octanol–water partition coefficient (Wildman–Crippen LogP) is 4.16. The molecular weight excluding hydrogens is 521 g/mol. The topological polar surface area (TPSA) is 147 Å². The molecule has 2 heterocycles. The lowest BCUT2D eigenvalue weighted by Crippen LogP contribution is -2.44. The molecule has 202 valence electrons. The summed E-state index contributed by atoms with van der Waals surface area (Å²) < 4.78 is 31.7. The van der Waals surface area contributed by atoms with Crippen LogP contribution in [0.15, 0.2) is 72.8 Å². The highest BCUT2D eigenvalue weighted by atomic mass is 19.4. The number of carboxylic acids is 1. The summed E-state index contributed by atoms with van der Waals surface area (Å²) in [5.41, 5.74) is 1.72. The number of carbonyl (C=O) groups is 3. The number of benzene rings is 3. The third kappa shape index (κ3) is 5.11. The van der Waals surface area contributed by atoms with Crippen LogP contribution in [0.3, 0.4) is 0 Å². The first-order chi connectivity index (χ1) is 18.3. The number of anilines is 1. The molecule has 0 saturated carbocycles. The molecule has 0 radical (unpaired) electrons. The van der Waals surface area contributed by atoms with E-state index in [0.717, 1.165) is 10.5 Å². The van der Waals surface area contributed by atoms with Gasteiger partial charge in [-0.2, -0.15) is 13.2 Å². The highest BCUT2D eigenvalue weighted by molar-refractivity contribution is 6.00. The molecule has 39 heavy (non-hydrogen) atoms. The molecule has 1 aromatic heterocycles. The van der Waals surface area contributed by atoms with E-state index in [-0.39, 0.29) is 18.4 Å². The van der Waals surface area contributed by atoms with E-state index in [1.165, 1.54) is 11.9 Å². The molecular formula is C26H21F3N4O6. The average molecular weight is 542 g/mol. The van der Waals surface area contributed by atoms with Crippen molar-refractivity contribution in [1.82, 2.24) is 14.9 Å². The second-order valence-electron chi connectivity index (χ2n) is 8.53. The van der Waals surface area contributed by atoms with Crippen LogP contribution in [0.1, 0.15) is 27.0 Å². The Labute approximate surface area is 218 Å². The van der Waals surface area contributed by atoms with E-state index in [4.69, 9.17) is 9.90 Å². The summed E-state index contributed by atoms with van der Waals surface area (Å²) in [6.45, 7) is 0.221. The monoisotopic (exact) mass is 542 g/mol. The number of hydrogen-bond acceptors (Lipinski definition) is 5. The van der Waals surface area contributed by atoms with Crippen molar-refractivity contribution in [2.24, 2.45) is 0 Å². The number of aromatic amines is 1. The summed E-state index contributed by atoms with van der Waals surface area (Å²) in [5.74, 6) is -2.85. The maximum absolute atomic E-state index is 13.3. The molecule has 0 saturated heterocycles. The number of carbonyl (C=O) groups excluding carboxylic acids is 1. The number of hydrogen-bond donors (Lipinski definition) is 4. The number of halogens is 3. The summed E-state index contributed by atoms with van der Waals surface area (Å²) in [7, 11) is 1.39. The summed E-state index contributed by atoms with van der Waals surface area (Å²) in [6, 6.07) is 21.6. The van der Waals surface area contributed by atoms with Gasteiger partial charge in [0, 0.05) is 30.3 Å². The Morgan fingerprint density at radius 1 is 1.03 bits per heavy atom. The first kappa shape index (κ1) is 27.1. The molecule has 5 rings (SSSR count). The Bertz CT molecular complexity index is 1560. The molecule has 0 aliphatic carbocycles. The van der Waals surface area contributed by atoms with Crippen molar-refractivity contribution < 1.29 is 42.9 Å². The number of rotatable bonds is 4. The molecule has 0 bridgehead atoms. The Balaban J connectivity index is 0.000000448. The second kappa shape index (κ2) is 10.1. The molecule has 0 spiro atoms. The first-order valence-electron chi connectivity index (χ1n) is 11.3. The molecule has 1 aliphatic rings. The number of aromatic nitrogens is 2. The fraction of sp³-hybridized carbons (Fsp3) is 0.154. The molecule has 10 nitrogen and oxygen atoms in total. The molecule has 4 aromatic rings. The number of alkyl halides is 3. The van der Waals surface area contributed by atoms with Crippen LogP contribution in [-0.2, 0) is 17.1 Å². The summed E-state index contributed by atoms with van der Waals surface area (Å²) >= 11 is 0. The SMILES string of the molecule is CN(C(=O)O)c1nc2ccc(C3(O)c4ccccc4C(=O)N3Cc3ccccc3)cc2[nH]1.O=C(O)C(F)(F)F. The van der Waals surface area contributed by atoms with E-state index < -0.39 is 24.0 Å². The zero-order chi connectivity index (χ0) is 28.5. The molecule has 3 aromatic carbocycles. The summed E-state index contributed by atoms with van der Waals surface area (Å²) in [6.07, 6.45) is -6.23. The number of nitrogens with one attached hydrogen (secondary N) is 1. The lowest BCUT2D eigenvalue weighted by atomic mass is 9.93. The third-order valence-electron chi connectivity index (χ3n) is 6.07. The van der Waals surface area contributed by atoms with Crippen LogP contribution in [0, 0.1) is 0 Å². The van der Waals surface area contributed by atoms with Crippen LogP contribution in [0.4, 0.5) is 23.9 Å². The number of fused-ring (bicyclic) bond motifs is 2. The fourth-order valence-electron chi connectivity index (χ4n) is 4.14. The minimum Gasteiger partial charge on any atom is -0.475 e. The first-order valence-corrected chi connectivity index (χ1v) is 11.3. The summed E-state index contributed by atoms with van der Waals surface area (Å²) in [4.78, 5) is 43.2. The van der Waals surface area contributed by atoms with Gasteiger partial charge in [0.05, 0.1) is 11.0 Å². The Morgan fingerprint density at radius 3 is 2.26 bits per heavy atom. The van der Waals surface area contributed by atoms with Crippen LogP contribution in [0.2, 0.25) is 0 Å². The van der Waals surface area contributed by atoms with E-state index in [0.29, 0.717) is 27.7 Å². The van der Waals surface area contributed by atoms with Crippen LogP contribution in [0.5, 0.6) is 0 Å². The maximum atomic E-state index is 13.3. The van der Waals surface area contributed by atoms with E-state index >= 15 is 0 Å². The number of aliphatic carboxylic acids is 1. The highest BCUT2D eigenvalue weighted by Gasteiger charge is 2.49. The van der Waals surface area contributed by atoms with E-state index in [9.17, 15) is 33.0 Å². The number of H-pyrrole nitrogens is 1. The van der Waals surface area contributed by atoms with Crippen molar-refractivity contribution in [2.45, 2.75) is 18.4 Å². The molecule has 4 N–H and O–H groups in total. The van der Waals surface area contributed by atoms with Crippen molar-refractivity contribution in [2.75, 3.05) is 11.9 Å². The minimum absolute atomic E-state index is 0.167. The maximum Gasteiger partial charge on any atom is 0.490 e. The van der Waals surface area contributed by atoms with Gasteiger partial charge < -0.3 is 20.3 Å². The standard InChI is InChI=1S/C24H20N4O4.C2HF3O2/c1-27(23(30)31)22-25-19-12-11-16(13-20(19)26-22)24(32)18-10-6-5-9-17(18)21(29)28(24)14-15-7-3-2-4-8-15;3-2(4,5)1(6)7/h2-13,32H,14H2,1H3,(H,25,26)(H,30,31);(H,6,7). The Hall–Kier alpha value is -4.91. The Morgan fingerprint density at radius 2 is 1.64 bits per heavy atom. The lowest BCUT2D eigenvalue weighted by Gasteiger charge is -2.35. The van der Waals surface area contributed by atoms with E-state index in [1.54, 1.807) is 42.5 Å². The van der Waals surface area contributed by atoms with Gasteiger partial charge in [0.1, 0.15) is 0 Å². The van der Waals surface area contributed by atoms with Gasteiger partial charge in [0.25, 0.3) is 5.91 Å². The lowest BCUT2D eigenvalue weighted by molar-refractivity contribution is -0.192. The summed E-state index contributed by atoms with van der Waals surface area (Å²) in [5, 5.41) is 28.4. The normalized spacial score (nSPS) is 16.4. The highest BCUT2D eigenvalue weighted by Crippen LogP contribution is 2.43. The van der Waals surface area contributed by atoms with E-state index in [2.05, 4.69) is 9.97 Å². The third-order valence-corrected chi connectivity index (χ3v) is 6.07. The average Bonchev–Trinajstić information content (AvgIpc) is 3.42. The second-order valence-corrected chi connectivity index (χ2v) is 8.53. The van der Waals surface area contributed by atoms with E-state index in [1.807, 2.05) is 30.3 Å². The van der Waals surface area contributed by atoms with Crippen LogP contribution in [0.25, 0.3) is 11.0 Å². The fourth-order valence-corrected chi connectivity index (χ4v) is 4.14. The van der Waals surface area contributed by atoms with Gasteiger partial charge in [-0.3, -0.25) is 14.6 Å². The van der Waals surface area contributed by atoms with Gasteiger partial charge in [-0.25, -0.2) is 14.6 Å². The van der Waals surface area contributed by atoms with Crippen LogP contribution >= 0.6 is 0 Å². The van der Waals surface area contributed by atoms with Gasteiger partial charge in [-0.15, -0.1) is 0 Å². The molecule has 0 fully saturated rings. The van der Waals surface area contributed by atoms with Gasteiger partial charge >= 0.3 is 18.2 Å². The van der Waals surface area contributed by atoms with Crippen molar-refractivity contribution >= 4 is 35.0 Å². The van der Waals surface area contributed by atoms with Gasteiger partial charge in [-0.1, -0.05) is 54.6 Å². The van der Waals surface area contributed by atoms with Gasteiger partial charge in [0.2, 0.25) is 5.95 Å². The molecule has 1 unspecified atom stereocenters.